The molecule has 0 aliphatic rings. The fourth-order valence-electron chi connectivity index (χ4n) is 3.89. The molecule has 12 nitrogen and oxygen atoms in total. The van der Waals surface area contributed by atoms with Crippen molar-refractivity contribution in [1.82, 2.24) is 12.3 Å². The first-order chi connectivity index (χ1) is 17.8. The number of aliphatic hydroxyl groups is 1. The molecule has 1 aromatic carbocycles. The van der Waals surface area contributed by atoms with Crippen LogP contribution >= 0.6 is 0 Å². The normalized spacial score (nSPS) is 12.1. The van der Waals surface area contributed by atoms with Crippen molar-refractivity contribution in [2.45, 2.75) is 78.6 Å². The zero-order valence-corrected chi connectivity index (χ0v) is 27.6. The second-order valence-corrected chi connectivity index (χ2v) is 13.0. The average molecular weight is 615 g/mol. The Bertz CT molecular complexity index is 914. The second kappa shape index (κ2) is 20.5. The SMILES string of the molecule is CC(C)(C)c1ccc(OCCOCCOCCOCCOCCO)c(C(C)(C)C)c1C(C)(C)C.N.N.O=S(=O)(O)O. The van der Waals surface area contributed by atoms with Crippen molar-refractivity contribution in [3.8, 4) is 5.75 Å². The Labute approximate surface area is 248 Å². The zero-order chi connectivity index (χ0) is 30.3. The minimum Gasteiger partial charge on any atom is -0.491 e. The van der Waals surface area contributed by atoms with E-state index in [1.807, 2.05) is 0 Å². The first-order valence-corrected chi connectivity index (χ1v) is 14.6. The Kier molecular flexibility index (Phi) is 22.0. The number of ether oxygens (including phenoxy) is 5. The minimum absolute atomic E-state index is 0. The molecule has 0 atom stereocenters. The zero-order valence-electron chi connectivity index (χ0n) is 26.7. The van der Waals surface area contributed by atoms with E-state index in [0.717, 1.165) is 5.75 Å². The molecule has 1 aromatic rings. The summed E-state index contributed by atoms with van der Waals surface area (Å²) in [5.74, 6) is 0.949. The molecule has 0 saturated heterocycles. The highest BCUT2D eigenvalue weighted by Gasteiger charge is 2.34. The molecule has 0 aliphatic heterocycles. The predicted molar refractivity (Wildman–Crippen MR) is 163 cm³/mol. The van der Waals surface area contributed by atoms with E-state index in [4.69, 9.17) is 46.3 Å². The van der Waals surface area contributed by atoms with Crippen LogP contribution in [0.2, 0.25) is 0 Å². The van der Waals surface area contributed by atoms with E-state index >= 15 is 0 Å². The highest BCUT2D eigenvalue weighted by Crippen LogP contribution is 2.45. The smallest absolute Gasteiger partial charge is 0.394 e. The van der Waals surface area contributed by atoms with Gasteiger partial charge in [0, 0.05) is 5.56 Å². The number of benzene rings is 1. The van der Waals surface area contributed by atoms with E-state index < -0.39 is 10.4 Å². The molecule has 246 valence electrons. The topological polar surface area (TPSA) is 211 Å². The first-order valence-electron chi connectivity index (χ1n) is 13.2. The van der Waals surface area contributed by atoms with Crippen LogP contribution in [0.4, 0.5) is 0 Å². The van der Waals surface area contributed by atoms with E-state index in [-0.39, 0.29) is 35.2 Å². The number of aliphatic hydroxyl groups excluding tert-OH is 1. The summed E-state index contributed by atoms with van der Waals surface area (Å²) in [6.45, 7) is 24.9. The van der Waals surface area contributed by atoms with Gasteiger partial charge in [-0.25, -0.2) is 0 Å². The predicted octanol–water partition coefficient (Wildman–Crippen LogP) is 4.69. The van der Waals surface area contributed by atoms with Crippen molar-refractivity contribution < 1.29 is 46.3 Å². The summed E-state index contributed by atoms with van der Waals surface area (Å²) >= 11 is 0. The summed E-state index contributed by atoms with van der Waals surface area (Å²) in [4.78, 5) is 0. The van der Waals surface area contributed by atoms with E-state index in [1.54, 1.807) is 0 Å². The molecule has 0 spiro atoms. The molecule has 0 bridgehead atoms. The summed E-state index contributed by atoms with van der Waals surface area (Å²) in [5.41, 5.74) is 4.09. The third kappa shape index (κ3) is 21.0. The van der Waals surface area contributed by atoms with Gasteiger partial charge in [-0.15, -0.1) is 0 Å². The van der Waals surface area contributed by atoms with Crippen LogP contribution in [0.3, 0.4) is 0 Å². The summed E-state index contributed by atoms with van der Waals surface area (Å²) in [5, 5.41) is 8.62. The van der Waals surface area contributed by atoms with Crippen LogP contribution in [0, 0.1) is 0 Å². The standard InChI is InChI=1S/C28H50O6.2H3N.H2O4S/c1-26(2,3)22-10-11-23(25(28(7,8)9)24(22)27(4,5)6)34-21-20-33-19-18-32-17-16-31-15-14-30-13-12-29;;;1-5(2,3)4/h10-11,29H,12-21H2,1-9H3;2*1H3;(H2,1,2,3,4). The Morgan fingerprint density at radius 2 is 0.927 bits per heavy atom. The van der Waals surface area contributed by atoms with Crippen LogP contribution in [0.5, 0.6) is 5.75 Å². The molecule has 41 heavy (non-hydrogen) atoms. The van der Waals surface area contributed by atoms with Gasteiger partial charge in [0.15, 0.2) is 0 Å². The van der Waals surface area contributed by atoms with Gasteiger partial charge in [-0.2, -0.15) is 8.42 Å². The van der Waals surface area contributed by atoms with E-state index in [2.05, 4.69) is 74.4 Å². The van der Waals surface area contributed by atoms with Gasteiger partial charge in [0.25, 0.3) is 0 Å². The van der Waals surface area contributed by atoms with Crippen LogP contribution in [-0.2, 0) is 45.6 Å². The Morgan fingerprint density at radius 3 is 1.24 bits per heavy atom. The summed E-state index contributed by atoms with van der Waals surface area (Å²) in [7, 11) is -4.67. The van der Waals surface area contributed by atoms with Gasteiger partial charge in [0.2, 0.25) is 0 Å². The van der Waals surface area contributed by atoms with E-state index in [1.165, 1.54) is 16.7 Å². The van der Waals surface area contributed by atoms with Crippen molar-refractivity contribution in [3.05, 3.63) is 28.8 Å². The number of hydrogen-bond donors (Lipinski definition) is 5. The van der Waals surface area contributed by atoms with Gasteiger partial charge in [0.1, 0.15) is 12.4 Å². The van der Waals surface area contributed by atoms with Crippen molar-refractivity contribution in [1.29, 1.82) is 0 Å². The lowest BCUT2D eigenvalue weighted by molar-refractivity contribution is -0.00783. The van der Waals surface area contributed by atoms with Crippen LogP contribution in [0.15, 0.2) is 12.1 Å². The number of rotatable bonds is 15. The number of hydrogen-bond acceptors (Lipinski definition) is 10. The third-order valence-electron chi connectivity index (χ3n) is 5.31. The van der Waals surface area contributed by atoms with Gasteiger partial charge < -0.3 is 41.1 Å². The largest absolute Gasteiger partial charge is 0.491 e. The van der Waals surface area contributed by atoms with Gasteiger partial charge in [-0.1, -0.05) is 68.4 Å². The lowest BCUT2D eigenvalue weighted by atomic mass is 9.68. The molecule has 0 saturated carbocycles. The van der Waals surface area contributed by atoms with Crippen molar-refractivity contribution >= 4 is 10.4 Å². The van der Waals surface area contributed by atoms with Crippen molar-refractivity contribution in [2.75, 3.05) is 66.1 Å². The fraction of sp³-hybridized carbons (Fsp3) is 0.786. The maximum atomic E-state index is 8.74. The molecule has 9 N–H and O–H groups in total. The Morgan fingerprint density at radius 1 is 0.585 bits per heavy atom. The molecule has 0 radical (unpaired) electrons. The monoisotopic (exact) mass is 614 g/mol. The molecular formula is C28H58N2O10S. The fourth-order valence-corrected chi connectivity index (χ4v) is 3.89. The van der Waals surface area contributed by atoms with E-state index in [0.29, 0.717) is 59.5 Å². The van der Waals surface area contributed by atoms with Gasteiger partial charge in [-0.05, 0) is 33.4 Å². The lowest BCUT2D eigenvalue weighted by Gasteiger charge is -2.37. The van der Waals surface area contributed by atoms with Crippen LogP contribution in [0.1, 0.15) is 79.0 Å². The molecule has 0 fully saturated rings. The Balaban J connectivity index is -0.00000189. The molecule has 0 amide bonds. The van der Waals surface area contributed by atoms with Crippen LogP contribution in [-0.4, -0.2) is 88.7 Å². The van der Waals surface area contributed by atoms with Crippen molar-refractivity contribution in [3.63, 3.8) is 0 Å². The molecule has 13 heteroatoms. The van der Waals surface area contributed by atoms with Crippen LogP contribution in [0.25, 0.3) is 0 Å². The summed E-state index contributed by atoms with van der Waals surface area (Å²) in [6, 6.07) is 4.37. The summed E-state index contributed by atoms with van der Waals surface area (Å²) in [6.07, 6.45) is 0. The molecule has 0 aliphatic carbocycles. The highest BCUT2D eigenvalue weighted by molar-refractivity contribution is 7.79. The average Bonchev–Trinajstić information content (AvgIpc) is 2.75. The van der Waals surface area contributed by atoms with Gasteiger partial charge >= 0.3 is 10.4 Å². The molecule has 1 rings (SSSR count). The molecule has 0 heterocycles. The van der Waals surface area contributed by atoms with Gasteiger partial charge in [0.05, 0.1) is 59.5 Å². The second-order valence-electron chi connectivity index (χ2n) is 12.1. The third-order valence-corrected chi connectivity index (χ3v) is 5.31. The minimum atomic E-state index is -4.67. The maximum Gasteiger partial charge on any atom is 0.394 e. The Hall–Kier alpha value is -1.39. The molecule has 0 aromatic heterocycles. The van der Waals surface area contributed by atoms with Crippen LogP contribution < -0.4 is 17.0 Å². The maximum absolute atomic E-state index is 8.74. The quantitative estimate of drug-likeness (QED) is 0.134. The molecule has 0 unspecified atom stereocenters. The molecular weight excluding hydrogens is 556 g/mol. The van der Waals surface area contributed by atoms with Gasteiger partial charge in [-0.3, -0.25) is 9.11 Å². The summed E-state index contributed by atoms with van der Waals surface area (Å²) < 4.78 is 59.5. The van der Waals surface area contributed by atoms with Crippen molar-refractivity contribution in [2.24, 2.45) is 0 Å². The van der Waals surface area contributed by atoms with E-state index in [9.17, 15) is 0 Å². The lowest BCUT2D eigenvalue weighted by Crippen LogP contribution is -2.29. The first kappa shape index (κ1) is 44.1. The highest BCUT2D eigenvalue weighted by atomic mass is 32.3.